The Labute approximate surface area is 181 Å². The van der Waals surface area contributed by atoms with Gasteiger partial charge in [0.15, 0.2) is 5.65 Å². The zero-order valence-electron chi connectivity index (χ0n) is 17.8. The van der Waals surface area contributed by atoms with Crippen LogP contribution in [0.5, 0.6) is 0 Å². The first-order valence-corrected chi connectivity index (χ1v) is 11.5. The van der Waals surface area contributed by atoms with Gasteiger partial charge in [0.25, 0.3) is 5.91 Å². The number of aryl methyl sites for hydroxylation is 2. The van der Waals surface area contributed by atoms with Gasteiger partial charge in [-0.1, -0.05) is 30.3 Å². The number of pyridine rings is 1. The SMILES string of the molecule is CCN(Cc1ccccc1)C(=O)c1nc(N2CCSCC2)c2c(C)cc(C)nc2n1. The maximum absolute atomic E-state index is 13.4. The molecule has 1 aliphatic rings. The van der Waals surface area contributed by atoms with E-state index in [0.717, 1.165) is 52.6 Å². The summed E-state index contributed by atoms with van der Waals surface area (Å²) in [5, 5.41) is 0.954. The summed E-state index contributed by atoms with van der Waals surface area (Å²) in [6.07, 6.45) is 0. The Kier molecular flexibility index (Phi) is 6.18. The molecule has 0 bridgehead atoms. The summed E-state index contributed by atoms with van der Waals surface area (Å²) in [4.78, 5) is 31.5. The molecule has 3 aromatic rings. The van der Waals surface area contributed by atoms with Crippen LogP contribution in [0.25, 0.3) is 11.0 Å². The highest BCUT2D eigenvalue weighted by Gasteiger charge is 2.24. The van der Waals surface area contributed by atoms with Crippen molar-refractivity contribution < 1.29 is 4.79 Å². The minimum absolute atomic E-state index is 0.156. The summed E-state index contributed by atoms with van der Waals surface area (Å²) in [5.74, 6) is 3.02. The smallest absolute Gasteiger partial charge is 0.292 e. The maximum Gasteiger partial charge on any atom is 0.292 e. The molecule has 6 nitrogen and oxygen atoms in total. The average molecular weight is 422 g/mol. The highest BCUT2D eigenvalue weighted by molar-refractivity contribution is 7.99. The molecule has 1 saturated heterocycles. The number of nitrogens with zero attached hydrogens (tertiary/aromatic N) is 5. The Bertz CT molecular complexity index is 1050. The van der Waals surface area contributed by atoms with Gasteiger partial charge in [0.05, 0.1) is 5.39 Å². The fourth-order valence-corrected chi connectivity index (χ4v) is 4.73. The Hall–Kier alpha value is -2.67. The summed E-state index contributed by atoms with van der Waals surface area (Å²) in [7, 11) is 0. The van der Waals surface area contributed by atoms with Crippen LogP contribution in [-0.4, -0.2) is 56.9 Å². The van der Waals surface area contributed by atoms with E-state index >= 15 is 0 Å². The number of amides is 1. The van der Waals surface area contributed by atoms with Crippen molar-refractivity contribution in [1.29, 1.82) is 0 Å². The standard InChI is InChI=1S/C23H27N5OS/c1-4-27(15-18-8-6-5-7-9-18)23(29)21-25-20-19(16(2)14-17(3)24-20)22(26-21)28-10-12-30-13-11-28/h5-9,14H,4,10-13,15H2,1-3H3. The Morgan fingerprint density at radius 1 is 1.10 bits per heavy atom. The third-order valence-corrected chi connectivity index (χ3v) is 6.30. The number of fused-ring (bicyclic) bond motifs is 1. The molecule has 1 amide bonds. The second-order valence-electron chi connectivity index (χ2n) is 7.55. The lowest BCUT2D eigenvalue weighted by molar-refractivity contribution is 0.0740. The molecule has 7 heteroatoms. The molecule has 1 aromatic carbocycles. The molecule has 0 N–H and O–H groups in total. The molecule has 4 rings (SSSR count). The van der Waals surface area contributed by atoms with Crippen LogP contribution < -0.4 is 4.90 Å². The van der Waals surface area contributed by atoms with Crippen LogP contribution in [0.2, 0.25) is 0 Å². The second kappa shape index (κ2) is 9.00. The number of anilines is 1. The Balaban J connectivity index is 1.76. The van der Waals surface area contributed by atoms with E-state index in [2.05, 4.69) is 27.9 Å². The predicted octanol–water partition coefficient (Wildman–Crippen LogP) is 3.86. The minimum atomic E-state index is -0.156. The van der Waals surface area contributed by atoms with E-state index in [1.54, 1.807) is 4.90 Å². The van der Waals surface area contributed by atoms with Crippen LogP contribution in [-0.2, 0) is 6.54 Å². The molecule has 0 saturated carbocycles. The number of thioether (sulfide) groups is 1. The molecule has 30 heavy (non-hydrogen) atoms. The topological polar surface area (TPSA) is 62.2 Å². The van der Waals surface area contributed by atoms with Crippen molar-refractivity contribution in [1.82, 2.24) is 19.9 Å². The van der Waals surface area contributed by atoms with Crippen molar-refractivity contribution >= 4 is 34.5 Å². The number of carbonyl (C=O) groups is 1. The van der Waals surface area contributed by atoms with E-state index in [-0.39, 0.29) is 11.7 Å². The summed E-state index contributed by atoms with van der Waals surface area (Å²) in [6, 6.07) is 12.1. The molecule has 0 atom stereocenters. The van der Waals surface area contributed by atoms with Crippen molar-refractivity contribution in [3.05, 3.63) is 59.0 Å². The first-order valence-electron chi connectivity index (χ1n) is 10.4. The van der Waals surface area contributed by atoms with E-state index in [4.69, 9.17) is 4.98 Å². The highest BCUT2D eigenvalue weighted by atomic mass is 32.2. The lowest BCUT2D eigenvalue weighted by Gasteiger charge is -2.29. The van der Waals surface area contributed by atoms with E-state index in [1.807, 2.05) is 55.9 Å². The molecular formula is C23H27N5OS. The van der Waals surface area contributed by atoms with Crippen LogP contribution in [0.4, 0.5) is 5.82 Å². The van der Waals surface area contributed by atoms with Crippen LogP contribution in [0.3, 0.4) is 0 Å². The van der Waals surface area contributed by atoms with Crippen LogP contribution in [0.15, 0.2) is 36.4 Å². The fraction of sp³-hybridized carbons (Fsp3) is 0.391. The quantitative estimate of drug-likeness (QED) is 0.623. The maximum atomic E-state index is 13.4. The van der Waals surface area contributed by atoms with Crippen LogP contribution >= 0.6 is 11.8 Å². The van der Waals surface area contributed by atoms with Crippen LogP contribution in [0.1, 0.15) is 34.4 Å². The summed E-state index contributed by atoms with van der Waals surface area (Å²) in [5.41, 5.74) is 3.69. The summed E-state index contributed by atoms with van der Waals surface area (Å²) >= 11 is 1.95. The number of hydrogen-bond acceptors (Lipinski definition) is 6. The van der Waals surface area contributed by atoms with Crippen LogP contribution in [0, 0.1) is 13.8 Å². The van der Waals surface area contributed by atoms with E-state index in [1.165, 1.54) is 0 Å². The molecule has 0 aliphatic carbocycles. The number of rotatable bonds is 5. The number of aromatic nitrogens is 3. The molecular weight excluding hydrogens is 394 g/mol. The van der Waals surface area contributed by atoms with Gasteiger partial charge in [-0.15, -0.1) is 0 Å². The molecule has 0 spiro atoms. The normalized spacial score (nSPS) is 14.2. The van der Waals surface area contributed by atoms with Gasteiger partial charge in [-0.2, -0.15) is 11.8 Å². The molecule has 1 aliphatic heterocycles. The zero-order chi connectivity index (χ0) is 21.1. The van der Waals surface area contributed by atoms with Gasteiger partial charge in [-0.05, 0) is 38.0 Å². The Morgan fingerprint density at radius 2 is 1.83 bits per heavy atom. The summed E-state index contributed by atoms with van der Waals surface area (Å²) in [6.45, 7) is 8.97. The van der Waals surface area contributed by atoms with Crippen molar-refractivity contribution in [3.63, 3.8) is 0 Å². The van der Waals surface area contributed by atoms with Gasteiger partial charge in [0.1, 0.15) is 5.82 Å². The lowest BCUT2D eigenvalue weighted by atomic mass is 10.1. The molecule has 3 heterocycles. The summed E-state index contributed by atoms with van der Waals surface area (Å²) < 4.78 is 0. The van der Waals surface area contributed by atoms with Crippen molar-refractivity contribution in [2.75, 3.05) is 36.0 Å². The third-order valence-electron chi connectivity index (χ3n) is 5.36. The van der Waals surface area contributed by atoms with Gasteiger partial charge in [0.2, 0.25) is 5.82 Å². The fourth-order valence-electron chi connectivity index (χ4n) is 3.83. The predicted molar refractivity (Wildman–Crippen MR) is 123 cm³/mol. The largest absolute Gasteiger partial charge is 0.354 e. The van der Waals surface area contributed by atoms with E-state index < -0.39 is 0 Å². The molecule has 2 aromatic heterocycles. The minimum Gasteiger partial charge on any atom is -0.354 e. The second-order valence-corrected chi connectivity index (χ2v) is 8.78. The monoisotopic (exact) mass is 421 g/mol. The van der Waals surface area contributed by atoms with Crippen molar-refractivity contribution in [2.45, 2.75) is 27.3 Å². The number of hydrogen-bond donors (Lipinski definition) is 0. The molecule has 0 unspecified atom stereocenters. The lowest BCUT2D eigenvalue weighted by Crippen LogP contribution is -2.35. The van der Waals surface area contributed by atoms with Gasteiger partial charge < -0.3 is 9.80 Å². The highest BCUT2D eigenvalue weighted by Crippen LogP contribution is 2.29. The first-order chi connectivity index (χ1) is 14.6. The van der Waals surface area contributed by atoms with Gasteiger partial charge in [0, 0.05) is 43.4 Å². The Morgan fingerprint density at radius 3 is 2.53 bits per heavy atom. The van der Waals surface area contributed by atoms with E-state index in [9.17, 15) is 4.79 Å². The molecule has 1 fully saturated rings. The number of carbonyl (C=O) groups excluding carboxylic acids is 1. The van der Waals surface area contributed by atoms with Crippen molar-refractivity contribution in [2.24, 2.45) is 0 Å². The van der Waals surface area contributed by atoms with E-state index in [0.29, 0.717) is 18.7 Å². The van der Waals surface area contributed by atoms with Gasteiger partial charge in [-0.25, -0.2) is 15.0 Å². The molecule has 0 radical (unpaired) electrons. The van der Waals surface area contributed by atoms with Gasteiger partial charge >= 0.3 is 0 Å². The average Bonchev–Trinajstić information content (AvgIpc) is 2.77. The third kappa shape index (κ3) is 4.26. The molecule has 156 valence electrons. The van der Waals surface area contributed by atoms with Gasteiger partial charge in [-0.3, -0.25) is 4.79 Å². The first kappa shape index (κ1) is 20.6. The number of benzene rings is 1. The zero-order valence-corrected chi connectivity index (χ0v) is 18.6. The van der Waals surface area contributed by atoms with Crippen molar-refractivity contribution in [3.8, 4) is 0 Å².